The number of thioether (sulfide) groups is 1. The van der Waals surface area contributed by atoms with E-state index in [9.17, 15) is 14.9 Å². The van der Waals surface area contributed by atoms with Crippen molar-refractivity contribution >= 4 is 45.2 Å². The number of non-ortho nitro benzene ring substituents is 1. The molecule has 0 radical (unpaired) electrons. The van der Waals surface area contributed by atoms with E-state index in [4.69, 9.17) is 4.74 Å². The molecule has 0 N–H and O–H groups in total. The molecule has 4 aromatic rings. The second kappa shape index (κ2) is 10.1. The van der Waals surface area contributed by atoms with E-state index in [2.05, 4.69) is 43.5 Å². The molecule has 0 saturated heterocycles. The number of hydrogen-bond donors (Lipinski definition) is 0. The van der Waals surface area contributed by atoms with Crippen molar-refractivity contribution in [3.05, 3.63) is 75.3 Å². The topological polar surface area (TPSA) is 74.4 Å². The fraction of sp³-hybridized carbons (Fsp3) is 0.321. The maximum Gasteiger partial charge on any atom is 0.308 e. The third kappa shape index (κ3) is 4.52. The van der Waals surface area contributed by atoms with Gasteiger partial charge < -0.3 is 9.30 Å². The average molecular weight is 491 g/mol. The number of benzene rings is 3. The summed E-state index contributed by atoms with van der Waals surface area (Å²) >= 11 is 1.58. The van der Waals surface area contributed by atoms with Crippen LogP contribution in [0.15, 0.2) is 53.4 Å². The van der Waals surface area contributed by atoms with Crippen LogP contribution in [0.1, 0.15) is 56.7 Å². The van der Waals surface area contributed by atoms with Crippen molar-refractivity contribution < 1.29 is 14.5 Å². The molecule has 182 valence electrons. The number of aromatic nitrogens is 1. The molecule has 0 amide bonds. The summed E-state index contributed by atoms with van der Waals surface area (Å²) in [5.74, 6) is 0.503. The van der Waals surface area contributed by atoms with Crippen LogP contribution in [0.4, 0.5) is 5.69 Å². The molecule has 0 unspecified atom stereocenters. The Bertz CT molecular complexity index is 1420. The number of nitrogens with zero attached hydrogens (tertiary/aromatic N) is 2. The van der Waals surface area contributed by atoms with Crippen LogP contribution in [0.2, 0.25) is 0 Å². The van der Waals surface area contributed by atoms with E-state index in [0.29, 0.717) is 12.3 Å². The Morgan fingerprint density at radius 1 is 1.14 bits per heavy atom. The van der Waals surface area contributed by atoms with Crippen LogP contribution in [-0.2, 0) is 17.8 Å². The summed E-state index contributed by atoms with van der Waals surface area (Å²) in [6.45, 7) is 8.45. The maximum absolute atomic E-state index is 12.2. The Morgan fingerprint density at radius 2 is 1.83 bits per heavy atom. The van der Waals surface area contributed by atoms with E-state index in [1.807, 2.05) is 12.3 Å². The van der Waals surface area contributed by atoms with E-state index < -0.39 is 0 Å². The Hall–Kier alpha value is -3.32. The zero-order valence-corrected chi connectivity index (χ0v) is 21.6. The van der Waals surface area contributed by atoms with Crippen LogP contribution in [0.25, 0.3) is 21.8 Å². The number of carbonyl (C=O) groups is 1. The quantitative estimate of drug-likeness (QED) is 0.0842. The van der Waals surface area contributed by atoms with Crippen molar-refractivity contribution in [2.75, 3.05) is 6.26 Å². The molecule has 0 saturated carbocycles. The van der Waals surface area contributed by atoms with Gasteiger partial charge in [-0.1, -0.05) is 57.5 Å². The fourth-order valence-corrected chi connectivity index (χ4v) is 5.71. The van der Waals surface area contributed by atoms with Crippen molar-refractivity contribution in [1.29, 1.82) is 0 Å². The predicted octanol–water partition coefficient (Wildman–Crippen LogP) is 7.47. The van der Waals surface area contributed by atoms with Gasteiger partial charge in [-0.25, -0.2) is 0 Å². The lowest BCUT2D eigenvalue weighted by molar-refractivity contribution is -0.384. The first-order valence-corrected chi connectivity index (χ1v) is 13.1. The second-order valence-corrected chi connectivity index (χ2v) is 9.82. The highest BCUT2D eigenvalue weighted by molar-refractivity contribution is 7.99. The molecule has 1 aromatic heterocycles. The molecular weight excluding hydrogens is 460 g/mol. The number of fused-ring (bicyclic) bond motifs is 3. The molecule has 4 rings (SSSR count). The van der Waals surface area contributed by atoms with Gasteiger partial charge in [0, 0.05) is 47.5 Å². The van der Waals surface area contributed by atoms with Crippen LogP contribution in [0.5, 0.6) is 5.75 Å². The van der Waals surface area contributed by atoms with Gasteiger partial charge in [0.05, 0.1) is 15.3 Å². The zero-order chi connectivity index (χ0) is 25.3. The monoisotopic (exact) mass is 490 g/mol. The Labute approximate surface area is 209 Å². The highest BCUT2D eigenvalue weighted by atomic mass is 32.2. The molecule has 35 heavy (non-hydrogen) atoms. The van der Waals surface area contributed by atoms with E-state index in [-0.39, 0.29) is 22.5 Å². The summed E-state index contributed by atoms with van der Waals surface area (Å²) < 4.78 is 8.18. The molecule has 0 spiro atoms. The summed E-state index contributed by atoms with van der Waals surface area (Å²) in [6, 6.07) is 15.1. The van der Waals surface area contributed by atoms with Gasteiger partial charge in [-0.2, -0.15) is 0 Å². The molecule has 0 atom stereocenters. The average Bonchev–Trinajstić information content (AvgIpc) is 3.13. The summed E-state index contributed by atoms with van der Waals surface area (Å²) in [7, 11) is 0. The number of nitro benzene ring substituents is 1. The Morgan fingerprint density at radius 3 is 2.40 bits per heavy atom. The minimum absolute atomic E-state index is 0.0738. The van der Waals surface area contributed by atoms with Gasteiger partial charge in [-0.15, -0.1) is 11.8 Å². The number of ether oxygens (including phenoxy) is 1. The molecule has 0 aliphatic heterocycles. The number of esters is 1. The van der Waals surface area contributed by atoms with Gasteiger partial charge in [0.15, 0.2) is 0 Å². The van der Waals surface area contributed by atoms with Crippen molar-refractivity contribution in [2.24, 2.45) is 0 Å². The summed E-state index contributed by atoms with van der Waals surface area (Å²) in [6.07, 6.45) is 3.85. The van der Waals surface area contributed by atoms with Gasteiger partial charge in [-0.05, 0) is 35.8 Å². The smallest absolute Gasteiger partial charge is 0.308 e. The summed E-state index contributed by atoms with van der Waals surface area (Å²) in [5.41, 5.74) is 5.49. The third-order valence-corrected chi connectivity index (χ3v) is 7.07. The lowest BCUT2D eigenvalue weighted by Gasteiger charge is -2.22. The fourth-order valence-electron chi connectivity index (χ4n) is 4.97. The first kappa shape index (κ1) is 24.8. The lowest BCUT2D eigenvalue weighted by atomic mass is 9.89. The van der Waals surface area contributed by atoms with Crippen LogP contribution in [-0.4, -0.2) is 21.7 Å². The van der Waals surface area contributed by atoms with Crippen LogP contribution in [0, 0.1) is 10.1 Å². The van der Waals surface area contributed by atoms with Crippen molar-refractivity contribution in [1.82, 2.24) is 4.57 Å². The van der Waals surface area contributed by atoms with Gasteiger partial charge >= 0.3 is 5.97 Å². The highest BCUT2D eigenvalue weighted by Crippen LogP contribution is 2.48. The Balaban J connectivity index is 2.12. The second-order valence-electron chi connectivity index (χ2n) is 9.00. The maximum atomic E-state index is 12.2. The van der Waals surface area contributed by atoms with Gasteiger partial charge in [-0.3, -0.25) is 14.9 Å². The first-order valence-electron chi connectivity index (χ1n) is 11.8. The molecule has 3 aromatic carbocycles. The minimum atomic E-state index is -0.383. The molecule has 0 fully saturated rings. The molecule has 0 aliphatic rings. The third-order valence-electron chi connectivity index (χ3n) is 6.28. The first-order chi connectivity index (χ1) is 16.8. The van der Waals surface area contributed by atoms with Crippen molar-refractivity contribution in [3.8, 4) is 5.75 Å². The number of para-hydroxylation sites is 1. The van der Waals surface area contributed by atoms with E-state index >= 15 is 0 Å². The highest BCUT2D eigenvalue weighted by Gasteiger charge is 2.27. The van der Waals surface area contributed by atoms with Crippen LogP contribution in [0.3, 0.4) is 0 Å². The van der Waals surface area contributed by atoms with E-state index in [0.717, 1.165) is 39.9 Å². The number of hydrogen-bond acceptors (Lipinski definition) is 5. The Kier molecular flexibility index (Phi) is 7.17. The summed E-state index contributed by atoms with van der Waals surface area (Å²) in [5, 5.41) is 13.5. The van der Waals surface area contributed by atoms with Gasteiger partial charge in [0.1, 0.15) is 5.75 Å². The standard InChI is InChI=1S/C28H30N2O4S/c1-6-9-22-24(17(2)3)27(34-18(4)31)28(35-5)26-25(22)21-10-7-8-11-23(21)29(26)16-19-12-14-20(15-13-19)30(32)33/h7-8,10-15,17H,6,9,16H2,1-5H3. The van der Waals surface area contributed by atoms with Crippen LogP contribution < -0.4 is 4.74 Å². The van der Waals surface area contributed by atoms with Gasteiger partial charge in [0.25, 0.3) is 5.69 Å². The van der Waals surface area contributed by atoms with Gasteiger partial charge in [0.2, 0.25) is 0 Å². The lowest BCUT2D eigenvalue weighted by Crippen LogP contribution is -2.10. The summed E-state index contributed by atoms with van der Waals surface area (Å²) in [4.78, 5) is 23.9. The van der Waals surface area contributed by atoms with Crippen molar-refractivity contribution in [2.45, 2.75) is 57.9 Å². The number of rotatable bonds is 8. The molecule has 0 bridgehead atoms. The number of carbonyl (C=O) groups excluding carboxylic acids is 1. The van der Waals surface area contributed by atoms with Crippen molar-refractivity contribution in [3.63, 3.8) is 0 Å². The van der Waals surface area contributed by atoms with E-state index in [1.54, 1.807) is 36.0 Å². The van der Waals surface area contributed by atoms with E-state index in [1.165, 1.54) is 23.3 Å². The predicted molar refractivity (Wildman–Crippen MR) is 143 cm³/mol. The number of nitro groups is 1. The number of aryl methyl sites for hydroxylation is 1. The molecule has 0 aliphatic carbocycles. The zero-order valence-electron chi connectivity index (χ0n) is 20.8. The molecule has 6 nitrogen and oxygen atoms in total. The minimum Gasteiger partial charge on any atom is -0.425 e. The molecular formula is C28H30N2O4S. The largest absolute Gasteiger partial charge is 0.425 e. The normalized spacial score (nSPS) is 11.5. The molecule has 1 heterocycles. The molecule has 7 heteroatoms. The SMILES string of the molecule is CCCc1c(C(C)C)c(OC(C)=O)c(SC)c2c1c1ccccc1n2Cc1ccc([N+](=O)[O-])cc1. The van der Waals surface area contributed by atoms with Crippen LogP contribution >= 0.6 is 11.8 Å².